The van der Waals surface area contributed by atoms with E-state index in [9.17, 15) is 0 Å². The van der Waals surface area contributed by atoms with E-state index >= 15 is 0 Å². The molecule has 4 rings (SSSR count). The van der Waals surface area contributed by atoms with Crippen LogP contribution in [0, 0.1) is 0 Å². The van der Waals surface area contributed by atoms with E-state index in [2.05, 4.69) is 52.6 Å². The summed E-state index contributed by atoms with van der Waals surface area (Å²) in [4.78, 5) is 1.64. The van der Waals surface area contributed by atoms with Crippen LogP contribution in [0.5, 0.6) is 5.75 Å². The van der Waals surface area contributed by atoms with Crippen LogP contribution in [0.15, 0.2) is 60.8 Å². The van der Waals surface area contributed by atoms with Crippen molar-refractivity contribution in [2.75, 3.05) is 46.5 Å². The number of methoxy groups -OCH3 is 1. The van der Waals surface area contributed by atoms with Crippen LogP contribution in [0.1, 0.15) is 11.1 Å². The van der Waals surface area contributed by atoms with Crippen LogP contribution in [0.25, 0.3) is 11.3 Å². The van der Waals surface area contributed by atoms with Gasteiger partial charge in [0.2, 0.25) is 0 Å². The largest absolute Gasteiger partial charge is 0.497 e. The Labute approximate surface area is 178 Å². The van der Waals surface area contributed by atoms with Crippen LogP contribution in [-0.4, -0.2) is 56.3 Å². The molecule has 1 saturated heterocycles. The fourth-order valence-electron chi connectivity index (χ4n) is 3.95. The zero-order valence-corrected chi connectivity index (χ0v) is 17.7. The molecule has 0 bridgehead atoms. The highest BCUT2D eigenvalue weighted by molar-refractivity contribution is 5.64. The maximum Gasteiger partial charge on any atom is 0.127 e. The number of nitrogens with one attached hydrogen (secondary N) is 1. The summed E-state index contributed by atoms with van der Waals surface area (Å²) in [5, 5.41) is 7.34. The second-order valence-corrected chi connectivity index (χ2v) is 7.81. The van der Waals surface area contributed by atoms with E-state index < -0.39 is 0 Å². The van der Waals surface area contributed by atoms with Gasteiger partial charge in [0, 0.05) is 11.8 Å². The molecule has 3 aromatic rings. The highest BCUT2D eigenvalue weighted by Crippen LogP contribution is 2.25. The SMILES string of the molecule is COc1cccc(-c2nn(Cc3ccccc3)cc2C[NH2+]CC[NH+]2CCOCC2)c1. The van der Waals surface area contributed by atoms with Gasteiger partial charge in [-0.05, 0) is 17.7 Å². The maximum atomic E-state index is 5.46. The molecule has 0 spiro atoms. The van der Waals surface area contributed by atoms with Crippen molar-refractivity contribution in [3.63, 3.8) is 0 Å². The summed E-state index contributed by atoms with van der Waals surface area (Å²) in [6.45, 7) is 8.01. The topological polar surface area (TPSA) is 57.3 Å². The van der Waals surface area contributed by atoms with Crippen LogP contribution in [-0.2, 0) is 17.8 Å². The summed E-state index contributed by atoms with van der Waals surface area (Å²) >= 11 is 0. The van der Waals surface area contributed by atoms with Gasteiger partial charge in [0.15, 0.2) is 0 Å². The molecule has 158 valence electrons. The van der Waals surface area contributed by atoms with E-state index in [1.807, 2.05) is 18.2 Å². The van der Waals surface area contributed by atoms with Gasteiger partial charge in [-0.2, -0.15) is 5.10 Å². The lowest BCUT2D eigenvalue weighted by molar-refractivity contribution is -0.920. The number of ether oxygens (including phenoxy) is 2. The quantitative estimate of drug-likeness (QED) is 0.510. The molecule has 6 heteroatoms. The van der Waals surface area contributed by atoms with Crippen molar-refractivity contribution >= 4 is 0 Å². The van der Waals surface area contributed by atoms with E-state index in [0.717, 1.165) is 62.9 Å². The number of hydrogen-bond acceptors (Lipinski definition) is 3. The first-order valence-electron chi connectivity index (χ1n) is 10.8. The molecule has 0 radical (unpaired) electrons. The van der Waals surface area contributed by atoms with Crippen LogP contribution in [0.4, 0.5) is 0 Å². The minimum atomic E-state index is 0.774. The lowest BCUT2D eigenvalue weighted by Crippen LogP contribution is -3.16. The van der Waals surface area contributed by atoms with Crippen molar-refractivity contribution in [2.45, 2.75) is 13.1 Å². The fraction of sp³-hybridized carbons (Fsp3) is 0.375. The predicted molar refractivity (Wildman–Crippen MR) is 117 cm³/mol. The Bertz CT molecular complexity index is 920. The molecule has 1 aliphatic heterocycles. The smallest absolute Gasteiger partial charge is 0.127 e. The monoisotopic (exact) mass is 408 g/mol. The molecule has 1 aromatic heterocycles. The van der Waals surface area contributed by atoms with Gasteiger partial charge in [0.25, 0.3) is 0 Å². The van der Waals surface area contributed by atoms with Crippen LogP contribution in [0.2, 0.25) is 0 Å². The third kappa shape index (κ3) is 5.48. The third-order valence-corrected chi connectivity index (χ3v) is 5.63. The molecular formula is C24H32N4O2+2. The second-order valence-electron chi connectivity index (χ2n) is 7.81. The molecule has 0 amide bonds. The van der Waals surface area contributed by atoms with Gasteiger partial charge >= 0.3 is 0 Å². The minimum absolute atomic E-state index is 0.774. The first kappa shape index (κ1) is 20.6. The average molecular weight is 409 g/mol. The molecule has 0 atom stereocenters. The summed E-state index contributed by atoms with van der Waals surface area (Å²) in [6, 6.07) is 18.7. The Kier molecular flexibility index (Phi) is 7.13. The molecule has 0 saturated carbocycles. The summed E-state index contributed by atoms with van der Waals surface area (Å²) in [5.41, 5.74) is 4.66. The van der Waals surface area contributed by atoms with Crippen molar-refractivity contribution < 1.29 is 19.7 Å². The molecule has 1 fully saturated rings. The molecular weight excluding hydrogens is 376 g/mol. The summed E-state index contributed by atoms with van der Waals surface area (Å²) in [6.07, 6.45) is 2.19. The molecule has 3 N–H and O–H groups in total. The predicted octanol–water partition coefficient (Wildman–Crippen LogP) is 0.586. The molecule has 0 aliphatic carbocycles. The third-order valence-electron chi connectivity index (χ3n) is 5.63. The maximum absolute atomic E-state index is 5.46. The van der Waals surface area contributed by atoms with Gasteiger partial charge in [-0.25, -0.2) is 0 Å². The first-order chi connectivity index (χ1) is 14.8. The second kappa shape index (κ2) is 10.4. The normalized spacial score (nSPS) is 14.7. The van der Waals surface area contributed by atoms with Crippen molar-refractivity contribution in [3.8, 4) is 17.0 Å². The van der Waals surface area contributed by atoms with Gasteiger partial charge in [0.05, 0.1) is 32.4 Å². The minimum Gasteiger partial charge on any atom is -0.497 e. The van der Waals surface area contributed by atoms with Crippen LogP contribution in [0.3, 0.4) is 0 Å². The summed E-state index contributed by atoms with van der Waals surface area (Å²) in [5.74, 6) is 0.857. The molecule has 0 unspecified atom stereocenters. The number of aromatic nitrogens is 2. The number of hydrogen-bond donors (Lipinski definition) is 2. The summed E-state index contributed by atoms with van der Waals surface area (Å²) in [7, 11) is 1.70. The van der Waals surface area contributed by atoms with Crippen molar-refractivity contribution in [1.82, 2.24) is 9.78 Å². The molecule has 6 nitrogen and oxygen atoms in total. The van der Waals surface area contributed by atoms with Crippen LogP contribution >= 0.6 is 0 Å². The zero-order chi connectivity index (χ0) is 20.6. The number of nitrogens with two attached hydrogens (primary N) is 1. The van der Waals surface area contributed by atoms with Crippen molar-refractivity contribution in [2.24, 2.45) is 0 Å². The summed E-state index contributed by atoms with van der Waals surface area (Å²) < 4.78 is 12.9. The van der Waals surface area contributed by atoms with E-state index in [1.165, 1.54) is 17.7 Å². The van der Waals surface area contributed by atoms with Crippen LogP contribution < -0.4 is 15.0 Å². The standard InChI is InChI=1S/C24H30N4O2/c1-29-23-9-5-8-21(16-23)24-22(17-25-10-11-27-12-14-30-15-13-27)19-28(26-24)18-20-6-3-2-4-7-20/h2-9,16,19,25H,10-15,17-18H2,1H3/p+2. The average Bonchev–Trinajstić information content (AvgIpc) is 3.20. The molecule has 1 aliphatic rings. The van der Waals surface area contributed by atoms with Gasteiger partial charge in [-0.3, -0.25) is 4.68 Å². The molecule has 30 heavy (non-hydrogen) atoms. The highest BCUT2D eigenvalue weighted by Gasteiger charge is 2.16. The first-order valence-corrected chi connectivity index (χ1v) is 10.8. The Morgan fingerprint density at radius 1 is 1.10 bits per heavy atom. The van der Waals surface area contributed by atoms with E-state index in [4.69, 9.17) is 14.6 Å². The fourth-order valence-corrected chi connectivity index (χ4v) is 3.95. The Hall–Kier alpha value is -2.67. The lowest BCUT2D eigenvalue weighted by atomic mass is 10.1. The lowest BCUT2D eigenvalue weighted by Gasteiger charge is -2.22. The number of nitrogens with zero attached hydrogens (tertiary/aromatic N) is 2. The number of quaternary nitrogens is 2. The van der Waals surface area contributed by atoms with Crippen molar-refractivity contribution in [1.29, 1.82) is 0 Å². The highest BCUT2D eigenvalue weighted by atomic mass is 16.5. The van der Waals surface area contributed by atoms with Gasteiger partial charge in [-0.15, -0.1) is 0 Å². The number of rotatable bonds is 9. The van der Waals surface area contributed by atoms with Gasteiger partial charge < -0.3 is 19.7 Å². The Balaban J connectivity index is 1.47. The molecule has 2 aromatic carbocycles. The van der Waals surface area contributed by atoms with Gasteiger partial charge in [-0.1, -0.05) is 42.5 Å². The van der Waals surface area contributed by atoms with Gasteiger partial charge in [0.1, 0.15) is 44.2 Å². The van der Waals surface area contributed by atoms with Crippen molar-refractivity contribution in [3.05, 3.63) is 71.9 Å². The molecule has 2 heterocycles. The Morgan fingerprint density at radius 2 is 1.93 bits per heavy atom. The van der Waals surface area contributed by atoms with E-state index in [1.54, 1.807) is 12.0 Å². The Morgan fingerprint density at radius 3 is 2.73 bits per heavy atom. The number of benzene rings is 2. The van der Waals surface area contributed by atoms with E-state index in [0.29, 0.717) is 0 Å². The number of morpholine rings is 1. The zero-order valence-electron chi connectivity index (χ0n) is 17.7. The van der Waals surface area contributed by atoms with E-state index in [-0.39, 0.29) is 0 Å².